The summed E-state index contributed by atoms with van der Waals surface area (Å²) < 4.78 is 5.56. The molecule has 1 atom stereocenters. The van der Waals surface area contributed by atoms with Crippen molar-refractivity contribution in [3.63, 3.8) is 0 Å². The Morgan fingerprint density at radius 3 is 3.06 bits per heavy atom. The molecule has 0 bridgehead atoms. The molecule has 2 heterocycles. The summed E-state index contributed by atoms with van der Waals surface area (Å²) in [6, 6.07) is 3.75. The molecule has 1 aromatic heterocycles. The summed E-state index contributed by atoms with van der Waals surface area (Å²) in [7, 11) is 1.77. The number of piperidine rings is 1. The molecule has 0 radical (unpaired) electrons. The highest BCUT2D eigenvalue weighted by Crippen LogP contribution is 2.29. The molecule has 0 saturated carbocycles. The van der Waals surface area contributed by atoms with Crippen LogP contribution in [0.3, 0.4) is 0 Å². The molecule has 0 spiro atoms. The minimum atomic E-state index is -0.0811. The first kappa shape index (κ1) is 11.2. The van der Waals surface area contributed by atoms with Gasteiger partial charge in [0.1, 0.15) is 0 Å². The number of rotatable bonds is 2. The molecule has 2 N–H and O–H groups in total. The second-order valence-corrected chi connectivity index (χ2v) is 4.60. The zero-order chi connectivity index (χ0) is 11.6. The molecule has 1 fully saturated rings. The highest BCUT2D eigenvalue weighted by atomic mass is 16.5. The van der Waals surface area contributed by atoms with Crippen molar-refractivity contribution in [1.29, 1.82) is 0 Å². The number of hydrogen-bond acceptors (Lipinski definition) is 4. The minimum Gasteiger partial charge on any atom is -0.396 e. The predicted molar refractivity (Wildman–Crippen MR) is 65.5 cm³/mol. The fourth-order valence-electron chi connectivity index (χ4n) is 2.23. The van der Waals surface area contributed by atoms with Crippen molar-refractivity contribution >= 4 is 11.5 Å². The quantitative estimate of drug-likeness (QED) is 0.825. The lowest BCUT2D eigenvalue weighted by atomic mass is 9.95. The molecule has 0 amide bonds. The first-order valence-corrected chi connectivity index (χ1v) is 5.65. The molecular weight excluding hydrogens is 202 g/mol. The normalized spacial score (nSPS) is 25.8. The monoisotopic (exact) mass is 221 g/mol. The van der Waals surface area contributed by atoms with Crippen molar-refractivity contribution in [1.82, 2.24) is 4.98 Å². The second-order valence-electron chi connectivity index (χ2n) is 4.60. The van der Waals surface area contributed by atoms with E-state index < -0.39 is 0 Å². The van der Waals surface area contributed by atoms with Crippen LogP contribution in [0.2, 0.25) is 0 Å². The van der Waals surface area contributed by atoms with Crippen molar-refractivity contribution < 1.29 is 4.74 Å². The molecule has 1 saturated heterocycles. The largest absolute Gasteiger partial charge is 0.396 e. The molecule has 1 aliphatic heterocycles. The lowest BCUT2D eigenvalue weighted by Crippen LogP contribution is -2.47. The number of methoxy groups -OCH3 is 1. The molecule has 16 heavy (non-hydrogen) atoms. The zero-order valence-corrected chi connectivity index (χ0v) is 9.94. The van der Waals surface area contributed by atoms with Crippen LogP contribution >= 0.6 is 0 Å². The number of hydrogen-bond donors (Lipinski definition) is 1. The molecule has 0 aromatic carbocycles. The fourth-order valence-corrected chi connectivity index (χ4v) is 2.23. The van der Waals surface area contributed by atoms with Gasteiger partial charge < -0.3 is 15.4 Å². The first-order chi connectivity index (χ1) is 7.64. The second kappa shape index (κ2) is 4.29. The van der Waals surface area contributed by atoms with E-state index in [0.29, 0.717) is 0 Å². The summed E-state index contributed by atoms with van der Waals surface area (Å²) in [4.78, 5) is 6.56. The molecule has 1 aliphatic rings. The maximum absolute atomic E-state index is 5.94. The van der Waals surface area contributed by atoms with E-state index in [9.17, 15) is 0 Å². The number of nitrogens with zero attached hydrogens (tertiary/aromatic N) is 2. The van der Waals surface area contributed by atoms with Gasteiger partial charge in [-0.25, -0.2) is 4.98 Å². The van der Waals surface area contributed by atoms with Gasteiger partial charge >= 0.3 is 0 Å². The van der Waals surface area contributed by atoms with Crippen LogP contribution < -0.4 is 10.6 Å². The smallest absolute Gasteiger partial charge is 0.151 e. The Morgan fingerprint density at radius 2 is 2.38 bits per heavy atom. The highest BCUT2D eigenvalue weighted by Gasteiger charge is 2.31. The van der Waals surface area contributed by atoms with E-state index in [0.717, 1.165) is 37.4 Å². The number of anilines is 2. The van der Waals surface area contributed by atoms with E-state index in [1.54, 1.807) is 13.3 Å². The molecule has 2 rings (SSSR count). The van der Waals surface area contributed by atoms with Crippen LogP contribution in [0.15, 0.2) is 18.3 Å². The summed E-state index contributed by atoms with van der Waals surface area (Å²) in [5.74, 6) is 0.880. The Morgan fingerprint density at radius 1 is 1.56 bits per heavy atom. The number of pyridine rings is 1. The number of nitrogens with two attached hydrogens (primary N) is 1. The Labute approximate surface area is 96.4 Å². The minimum absolute atomic E-state index is 0.0811. The predicted octanol–water partition coefficient (Wildman–Crippen LogP) is 1.67. The molecule has 88 valence electrons. The Bertz CT molecular complexity index is 369. The van der Waals surface area contributed by atoms with E-state index in [2.05, 4.69) is 16.8 Å². The van der Waals surface area contributed by atoms with Gasteiger partial charge in [0.05, 0.1) is 11.3 Å². The highest BCUT2D eigenvalue weighted by molar-refractivity contribution is 5.62. The van der Waals surface area contributed by atoms with E-state index in [1.807, 2.05) is 12.1 Å². The van der Waals surface area contributed by atoms with Gasteiger partial charge in [0.2, 0.25) is 0 Å². The zero-order valence-electron chi connectivity index (χ0n) is 9.94. The summed E-state index contributed by atoms with van der Waals surface area (Å²) in [5, 5.41) is 0. The summed E-state index contributed by atoms with van der Waals surface area (Å²) in [6.45, 7) is 3.99. The van der Waals surface area contributed by atoms with Gasteiger partial charge in [0.25, 0.3) is 0 Å². The van der Waals surface area contributed by atoms with Crippen LogP contribution in [0, 0.1) is 0 Å². The van der Waals surface area contributed by atoms with Gasteiger partial charge in [-0.2, -0.15) is 0 Å². The number of nitrogen functional groups attached to an aromatic ring is 1. The van der Waals surface area contributed by atoms with E-state index in [-0.39, 0.29) is 5.60 Å². The summed E-state index contributed by atoms with van der Waals surface area (Å²) in [5.41, 5.74) is 6.59. The van der Waals surface area contributed by atoms with Crippen LogP contribution in [0.25, 0.3) is 0 Å². The third-order valence-electron chi connectivity index (χ3n) is 3.27. The fraction of sp³-hybridized carbons (Fsp3) is 0.583. The Balaban J connectivity index is 2.19. The summed E-state index contributed by atoms with van der Waals surface area (Å²) in [6.07, 6.45) is 3.98. The van der Waals surface area contributed by atoms with Gasteiger partial charge in [0.15, 0.2) is 5.82 Å². The van der Waals surface area contributed by atoms with Crippen LogP contribution in [0.1, 0.15) is 19.8 Å². The van der Waals surface area contributed by atoms with Crippen molar-refractivity contribution in [2.24, 2.45) is 0 Å². The molecule has 1 aromatic rings. The first-order valence-electron chi connectivity index (χ1n) is 5.65. The van der Waals surface area contributed by atoms with Gasteiger partial charge in [-0.3, -0.25) is 0 Å². The van der Waals surface area contributed by atoms with Crippen LogP contribution in [-0.2, 0) is 4.74 Å². The molecule has 4 nitrogen and oxygen atoms in total. The molecular formula is C12H19N3O. The molecule has 0 aliphatic carbocycles. The lowest BCUT2D eigenvalue weighted by molar-refractivity contribution is -0.00478. The lowest BCUT2D eigenvalue weighted by Gasteiger charge is -2.40. The maximum Gasteiger partial charge on any atom is 0.151 e. The maximum atomic E-state index is 5.94. The Kier molecular flexibility index (Phi) is 3.01. The standard InChI is InChI=1S/C12H19N3O/c1-12(16-2)6-4-8-15(9-12)11-10(13)5-3-7-14-11/h3,5,7H,4,6,8-9,13H2,1-2H3. The van der Waals surface area contributed by atoms with E-state index in [4.69, 9.17) is 10.5 Å². The van der Waals surface area contributed by atoms with E-state index >= 15 is 0 Å². The third kappa shape index (κ3) is 2.11. The van der Waals surface area contributed by atoms with Crippen LogP contribution in [0.5, 0.6) is 0 Å². The van der Waals surface area contributed by atoms with Crippen molar-refractivity contribution in [2.45, 2.75) is 25.4 Å². The average Bonchev–Trinajstić information content (AvgIpc) is 2.30. The molecule has 4 heteroatoms. The topological polar surface area (TPSA) is 51.4 Å². The summed E-state index contributed by atoms with van der Waals surface area (Å²) >= 11 is 0. The van der Waals surface area contributed by atoms with Gasteiger partial charge in [-0.05, 0) is 31.9 Å². The molecule has 1 unspecified atom stereocenters. The Hall–Kier alpha value is -1.29. The number of ether oxygens (including phenoxy) is 1. The van der Waals surface area contributed by atoms with Crippen molar-refractivity contribution in [3.8, 4) is 0 Å². The van der Waals surface area contributed by atoms with Gasteiger partial charge in [0, 0.05) is 26.4 Å². The van der Waals surface area contributed by atoms with Crippen LogP contribution in [-0.4, -0.2) is 30.8 Å². The van der Waals surface area contributed by atoms with Gasteiger partial charge in [-0.15, -0.1) is 0 Å². The van der Waals surface area contributed by atoms with E-state index in [1.165, 1.54) is 0 Å². The van der Waals surface area contributed by atoms with Crippen molar-refractivity contribution in [3.05, 3.63) is 18.3 Å². The van der Waals surface area contributed by atoms with Crippen LogP contribution in [0.4, 0.5) is 11.5 Å². The van der Waals surface area contributed by atoms with Gasteiger partial charge in [-0.1, -0.05) is 0 Å². The third-order valence-corrected chi connectivity index (χ3v) is 3.27. The SMILES string of the molecule is COC1(C)CCCN(c2ncccc2N)C1. The van der Waals surface area contributed by atoms with Crippen molar-refractivity contribution in [2.75, 3.05) is 30.8 Å². The average molecular weight is 221 g/mol. The number of aromatic nitrogens is 1.